The summed E-state index contributed by atoms with van der Waals surface area (Å²) in [7, 11) is 1.56. The number of amides is 1. The molecule has 2 aromatic carbocycles. The lowest BCUT2D eigenvalue weighted by Gasteiger charge is -2.11. The topological polar surface area (TPSA) is 85.4 Å². The predicted octanol–water partition coefficient (Wildman–Crippen LogP) is 4.58. The molecule has 0 saturated carbocycles. The minimum absolute atomic E-state index is 0.123. The molecule has 0 unspecified atom stereocenters. The molecule has 0 aliphatic rings. The average Bonchev–Trinajstić information content (AvgIpc) is 2.70. The molecule has 0 radical (unpaired) electrons. The highest BCUT2D eigenvalue weighted by molar-refractivity contribution is 6.03. The summed E-state index contributed by atoms with van der Waals surface area (Å²) in [4.78, 5) is 12.5. The number of nitrogens with one attached hydrogen (secondary N) is 2. The van der Waals surface area contributed by atoms with Crippen LogP contribution in [0.1, 0.15) is 29.9 Å². The quantitative estimate of drug-likeness (QED) is 0.612. The molecule has 3 rings (SSSR count). The van der Waals surface area contributed by atoms with Crippen molar-refractivity contribution in [3.05, 3.63) is 65.9 Å². The summed E-state index contributed by atoms with van der Waals surface area (Å²) < 4.78 is 10.9. The van der Waals surface area contributed by atoms with Crippen LogP contribution in [0.5, 0.6) is 11.5 Å². The maximum atomic E-state index is 12.5. The largest absolute Gasteiger partial charge is 0.495 e. The zero-order valence-electron chi connectivity index (χ0n) is 16.9. The molecular formula is C22H24N4O3. The number of methoxy groups -OCH3 is 1. The van der Waals surface area contributed by atoms with Gasteiger partial charge in [-0.25, -0.2) is 0 Å². The first-order chi connectivity index (χ1) is 13.9. The number of carbonyl (C=O) groups excluding carboxylic acids is 1. The fraction of sp³-hybridized carbons (Fsp3) is 0.227. The highest BCUT2D eigenvalue weighted by atomic mass is 16.5. The van der Waals surface area contributed by atoms with E-state index in [1.165, 1.54) is 0 Å². The van der Waals surface area contributed by atoms with Gasteiger partial charge in [-0.3, -0.25) is 4.79 Å². The Morgan fingerprint density at radius 2 is 1.76 bits per heavy atom. The van der Waals surface area contributed by atoms with Crippen molar-refractivity contribution < 1.29 is 14.3 Å². The Morgan fingerprint density at radius 1 is 1.00 bits per heavy atom. The van der Waals surface area contributed by atoms with E-state index in [1.807, 2.05) is 57.2 Å². The molecule has 1 amide bonds. The molecule has 0 bridgehead atoms. The van der Waals surface area contributed by atoms with E-state index in [-0.39, 0.29) is 17.7 Å². The normalized spacial score (nSPS) is 10.5. The fourth-order valence-electron chi connectivity index (χ4n) is 2.66. The van der Waals surface area contributed by atoms with Gasteiger partial charge in [-0.05, 0) is 74.9 Å². The monoisotopic (exact) mass is 392 g/mol. The molecule has 2 N–H and O–H groups in total. The minimum atomic E-state index is -0.358. The number of hydrogen-bond donors (Lipinski definition) is 2. The number of hydrogen-bond acceptors (Lipinski definition) is 6. The third-order valence-electron chi connectivity index (χ3n) is 4.00. The molecule has 0 fully saturated rings. The van der Waals surface area contributed by atoms with Crippen LogP contribution in [0.2, 0.25) is 0 Å². The van der Waals surface area contributed by atoms with Gasteiger partial charge in [-0.2, -0.15) is 0 Å². The van der Waals surface area contributed by atoms with E-state index in [0.717, 1.165) is 17.0 Å². The van der Waals surface area contributed by atoms with Gasteiger partial charge in [0.1, 0.15) is 11.5 Å². The van der Waals surface area contributed by atoms with Gasteiger partial charge in [0.05, 0.1) is 18.9 Å². The van der Waals surface area contributed by atoms with Crippen molar-refractivity contribution in [3.63, 3.8) is 0 Å². The second-order valence-electron chi connectivity index (χ2n) is 6.78. The van der Waals surface area contributed by atoms with E-state index >= 15 is 0 Å². The highest BCUT2D eigenvalue weighted by Gasteiger charge is 2.12. The second kappa shape index (κ2) is 9.05. The number of anilines is 3. The Balaban J connectivity index is 1.65. The molecule has 0 saturated heterocycles. The number of benzene rings is 2. The lowest BCUT2D eigenvalue weighted by atomic mass is 10.2. The zero-order chi connectivity index (χ0) is 20.8. The average molecular weight is 392 g/mol. The van der Waals surface area contributed by atoms with Crippen LogP contribution >= 0.6 is 0 Å². The highest BCUT2D eigenvalue weighted by Crippen LogP contribution is 2.25. The summed E-state index contributed by atoms with van der Waals surface area (Å²) in [6.45, 7) is 5.90. The molecule has 0 spiro atoms. The molecular weight excluding hydrogens is 368 g/mol. The Bertz CT molecular complexity index is 970. The van der Waals surface area contributed by atoms with Crippen molar-refractivity contribution in [1.82, 2.24) is 10.2 Å². The van der Waals surface area contributed by atoms with Crippen molar-refractivity contribution in [3.8, 4) is 11.5 Å². The molecule has 150 valence electrons. The Hall–Kier alpha value is -3.61. The number of rotatable bonds is 7. The van der Waals surface area contributed by atoms with Crippen LogP contribution in [0.15, 0.2) is 54.6 Å². The Kier molecular flexibility index (Phi) is 6.29. The SMILES string of the molecule is COc1ccc(C)cc1NC(=O)c1ccc(Nc2ccc(OC(C)C)cc2)nn1. The molecule has 0 atom stereocenters. The van der Waals surface area contributed by atoms with E-state index in [9.17, 15) is 4.79 Å². The van der Waals surface area contributed by atoms with E-state index in [1.54, 1.807) is 25.3 Å². The molecule has 7 heteroatoms. The van der Waals surface area contributed by atoms with Crippen LogP contribution in [-0.2, 0) is 0 Å². The van der Waals surface area contributed by atoms with Crippen molar-refractivity contribution >= 4 is 23.1 Å². The first-order valence-corrected chi connectivity index (χ1v) is 9.28. The van der Waals surface area contributed by atoms with Crippen molar-refractivity contribution in [2.75, 3.05) is 17.7 Å². The summed E-state index contributed by atoms with van der Waals surface area (Å²) >= 11 is 0. The lowest BCUT2D eigenvalue weighted by molar-refractivity contribution is 0.102. The molecule has 3 aromatic rings. The van der Waals surface area contributed by atoms with Gasteiger partial charge in [0.2, 0.25) is 0 Å². The number of ether oxygens (including phenoxy) is 2. The molecule has 1 heterocycles. The zero-order valence-corrected chi connectivity index (χ0v) is 16.9. The predicted molar refractivity (Wildman–Crippen MR) is 113 cm³/mol. The number of aromatic nitrogens is 2. The van der Waals surface area contributed by atoms with Crippen molar-refractivity contribution in [1.29, 1.82) is 0 Å². The van der Waals surface area contributed by atoms with Crippen LogP contribution in [0.3, 0.4) is 0 Å². The third-order valence-corrected chi connectivity index (χ3v) is 4.00. The first-order valence-electron chi connectivity index (χ1n) is 9.28. The molecule has 7 nitrogen and oxygen atoms in total. The second-order valence-corrected chi connectivity index (χ2v) is 6.78. The third kappa shape index (κ3) is 5.44. The van der Waals surface area contributed by atoms with Gasteiger partial charge in [0.15, 0.2) is 11.5 Å². The van der Waals surface area contributed by atoms with Crippen LogP contribution in [0, 0.1) is 6.92 Å². The molecule has 0 aliphatic heterocycles. The van der Waals surface area contributed by atoms with Crippen molar-refractivity contribution in [2.45, 2.75) is 26.9 Å². The summed E-state index contributed by atoms with van der Waals surface area (Å²) in [5.74, 6) is 1.56. The first kappa shape index (κ1) is 20.1. The lowest BCUT2D eigenvalue weighted by Crippen LogP contribution is -2.15. The van der Waals surface area contributed by atoms with Gasteiger partial charge >= 0.3 is 0 Å². The van der Waals surface area contributed by atoms with Crippen molar-refractivity contribution in [2.24, 2.45) is 0 Å². The molecule has 29 heavy (non-hydrogen) atoms. The summed E-state index contributed by atoms with van der Waals surface area (Å²) in [5, 5.41) is 14.1. The Morgan fingerprint density at radius 3 is 2.38 bits per heavy atom. The maximum absolute atomic E-state index is 12.5. The summed E-state index contributed by atoms with van der Waals surface area (Å²) in [6, 6.07) is 16.4. The van der Waals surface area contributed by atoms with Gasteiger partial charge < -0.3 is 20.1 Å². The van der Waals surface area contributed by atoms with Crippen LogP contribution in [0.25, 0.3) is 0 Å². The maximum Gasteiger partial charge on any atom is 0.276 e. The number of aryl methyl sites for hydroxylation is 1. The van der Waals surface area contributed by atoms with Crippen LogP contribution in [-0.4, -0.2) is 29.3 Å². The minimum Gasteiger partial charge on any atom is -0.495 e. The van der Waals surface area contributed by atoms with Crippen LogP contribution < -0.4 is 20.1 Å². The summed E-state index contributed by atoms with van der Waals surface area (Å²) in [6.07, 6.45) is 0.123. The number of nitrogens with zero attached hydrogens (tertiary/aromatic N) is 2. The molecule has 1 aromatic heterocycles. The number of carbonyl (C=O) groups is 1. The molecule has 0 aliphatic carbocycles. The van der Waals surface area contributed by atoms with Crippen LogP contribution in [0.4, 0.5) is 17.2 Å². The van der Waals surface area contributed by atoms with Gasteiger partial charge in [0.25, 0.3) is 5.91 Å². The standard InChI is InChI=1S/C22H24N4O3/c1-14(2)29-17-8-6-16(7-9-17)23-21-12-10-18(25-26-21)22(27)24-19-13-15(3)5-11-20(19)28-4/h5-14H,1-4H3,(H,23,26)(H,24,27). The van der Waals surface area contributed by atoms with E-state index in [0.29, 0.717) is 17.3 Å². The van der Waals surface area contributed by atoms with E-state index in [4.69, 9.17) is 9.47 Å². The van der Waals surface area contributed by atoms with Gasteiger partial charge in [0, 0.05) is 5.69 Å². The smallest absolute Gasteiger partial charge is 0.276 e. The van der Waals surface area contributed by atoms with Gasteiger partial charge in [-0.15, -0.1) is 10.2 Å². The Labute approximate surface area is 170 Å². The van der Waals surface area contributed by atoms with E-state index < -0.39 is 0 Å². The summed E-state index contributed by atoms with van der Waals surface area (Å²) in [5.41, 5.74) is 2.65. The fourth-order valence-corrected chi connectivity index (χ4v) is 2.66. The van der Waals surface area contributed by atoms with Gasteiger partial charge in [-0.1, -0.05) is 6.07 Å². The van der Waals surface area contributed by atoms with E-state index in [2.05, 4.69) is 20.8 Å².